The molecule has 2 spiro atoms. The lowest BCUT2D eigenvalue weighted by Crippen LogP contribution is -2.55. The van der Waals surface area contributed by atoms with Crippen LogP contribution in [0.2, 0.25) is 0 Å². The zero-order valence-corrected chi connectivity index (χ0v) is 20.6. The molecule has 5 aliphatic rings. The predicted molar refractivity (Wildman–Crippen MR) is 126 cm³/mol. The lowest BCUT2D eigenvalue weighted by Gasteiger charge is -2.61. The van der Waals surface area contributed by atoms with Crippen LogP contribution in [-0.4, -0.2) is 11.2 Å². The number of fused-ring (bicyclic) bond motifs is 2. The second kappa shape index (κ2) is 6.85. The first kappa shape index (κ1) is 21.5. The molecule has 1 heteroatoms. The summed E-state index contributed by atoms with van der Waals surface area (Å²) in [4.78, 5) is 0. The fourth-order valence-corrected chi connectivity index (χ4v) is 10.5. The Hall–Kier alpha value is -0.300. The molecule has 1 N–H and O–H groups in total. The summed E-state index contributed by atoms with van der Waals surface area (Å²) in [6, 6.07) is 0. The summed E-state index contributed by atoms with van der Waals surface area (Å²) in [5.74, 6) is 4.16. The summed E-state index contributed by atoms with van der Waals surface area (Å²) in [6.45, 7) is 17.0. The Morgan fingerprint density at radius 2 is 1.70 bits per heavy atom. The maximum absolute atomic E-state index is 10.3. The Morgan fingerprint density at radius 3 is 2.43 bits per heavy atom. The van der Waals surface area contributed by atoms with Crippen LogP contribution in [0.4, 0.5) is 0 Å². The molecule has 1 nitrogen and oxygen atoms in total. The van der Waals surface area contributed by atoms with Gasteiger partial charge >= 0.3 is 0 Å². The van der Waals surface area contributed by atoms with E-state index in [1.54, 1.807) is 0 Å². The fraction of sp³-hybridized carbons (Fsp3) is 0.931. The number of rotatable bonds is 5. The normalized spacial score (nSPS) is 52.8. The van der Waals surface area contributed by atoms with Crippen LogP contribution in [0.25, 0.3) is 0 Å². The molecule has 0 saturated heterocycles. The van der Waals surface area contributed by atoms with Crippen LogP contribution in [0.1, 0.15) is 112 Å². The van der Waals surface area contributed by atoms with Crippen molar-refractivity contribution in [3.63, 3.8) is 0 Å². The summed E-state index contributed by atoms with van der Waals surface area (Å²) < 4.78 is 0. The van der Waals surface area contributed by atoms with Crippen molar-refractivity contribution in [2.24, 2.45) is 51.2 Å². The van der Waals surface area contributed by atoms with Gasteiger partial charge in [-0.05, 0) is 128 Å². The van der Waals surface area contributed by atoms with E-state index in [1.165, 1.54) is 69.8 Å². The first-order valence-electron chi connectivity index (χ1n) is 13.5. The van der Waals surface area contributed by atoms with Crippen LogP contribution in [0, 0.1) is 51.2 Å². The van der Waals surface area contributed by atoms with Crippen molar-refractivity contribution in [2.75, 3.05) is 0 Å². The molecule has 170 valence electrons. The maximum atomic E-state index is 10.3. The molecule has 5 fully saturated rings. The van der Waals surface area contributed by atoms with E-state index in [1.807, 2.05) is 0 Å². The van der Waals surface area contributed by atoms with E-state index in [9.17, 15) is 5.11 Å². The van der Waals surface area contributed by atoms with E-state index in [0.29, 0.717) is 27.6 Å². The van der Waals surface area contributed by atoms with Gasteiger partial charge in [-0.1, -0.05) is 46.8 Å². The Labute approximate surface area is 186 Å². The Morgan fingerprint density at radius 1 is 0.933 bits per heavy atom. The zero-order chi connectivity index (χ0) is 21.5. The monoisotopic (exact) mass is 412 g/mol. The van der Waals surface area contributed by atoms with Gasteiger partial charge in [0.2, 0.25) is 0 Å². The van der Waals surface area contributed by atoms with Crippen LogP contribution >= 0.6 is 0 Å². The number of hydrogen-bond acceptors (Lipinski definition) is 1. The second-order valence-corrected chi connectivity index (χ2v) is 13.6. The molecule has 0 radical (unpaired) electrons. The molecule has 5 aliphatic carbocycles. The smallest absolute Gasteiger partial charge is 0.0543 e. The van der Waals surface area contributed by atoms with E-state index >= 15 is 0 Å². The van der Waals surface area contributed by atoms with Crippen LogP contribution in [0.15, 0.2) is 12.2 Å². The number of aliphatic hydroxyl groups excluding tert-OH is 1. The SMILES string of the molecule is C=C(CCC(C)[C@H]1CC[C@@]2(C)[C@@H]3CC[C@H]4C[C@@H](O)CC[C@@]45C[C@@]35CC[C@]12C)C(C)C. The molecular formula is C29H48O. The van der Waals surface area contributed by atoms with E-state index in [-0.39, 0.29) is 6.10 Å². The highest BCUT2D eigenvalue weighted by Crippen LogP contribution is 2.87. The minimum atomic E-state index is -0.00318. The molecule has 0 bridgehead atoms. The van der Waals surface area contributed by atoms with Gasteiger partial charge in [0.1, 0.15) is 0 Å². The Bertz CT molecular complexity index is 709. The minimum absolute atomic E-state index is 0.00318. The van der Waals surface area contributed by atoms with E-state index < -0.39 is 0 Å². The van der Waals surface area contributed by atoms with Gasteiger partial charge in [-0.25, -0.2) is 0 Å². The topological polar surface area (TPSA) is 20.2 Å². The van der Waals surface area contributed by atoms with Crippen LogP contribution < -0.4 is 0 Å². The van der Waals surface area contributed by atoms with Gasteiger partial charge in [0.25, 0.3) is 0 Å². The first-order chi connectivity index (χ1) is 14.1. The van der Waals surface area contributed by atoms with Crippen molar-refractivity contribution in [1.29, 1.82) is 0 Å². The summed E-state index contributed by atoms with van der Waals surface area (Å²) in [6.07, 6.45) is 16.4. The van der Waals surface area contributed by atoms with Gasteiger partial charge in [-0.3, -0.25) is 0 Å². The minimum Gasteiger partial charge on any atom is -0.393 e. The van der Waals surface area contributed by atoms with Crippen LogP contribution in [0.3, 0.4) is 0 Å². The van der Waals surface area contributed by atoms with E-state index in [2.05, 4.69) is 41.2 Å². The van der Waals surface area contributed by atoms with Gasteiger partial charge in [0, 0.05) is 0 Å². The first-order valence-corrected chi connectivity index (χ1v) is 13.5. The third-order valence-corrected chi connectivity index (χ3v) is 12.6. The molecular weight excluding hydrogens is 364 g/mol. The highest BCUT2D eigenvalue weighted by molar-refractivity contribution is 5.29. The molecule has 0 aromatic heterocycles. The van der Waals surface area contributed by atoms with Crippen LogP contribution in [0.5, 0.6) is 0 Å². The Balaban J connectivity index is 1.36. The lowest BCUT2D eigenvalue weighted by molar-refractivity contribution is -0.133. The van der Waals surface area contributed by atoms with Crippen molar-refractivity contribution >= 4 is 0 Å². The number of aliphatic hydroxyl groups is 1. The van der Waals surface area contributed by atoms with Crippen molar-refractivity contribution in [2.45, 2.75) is 118 Å². The van der Waals surface area contributed by atoms with Gasteiger partial charge in [-0.2, -0.15) is 0 Å². The van der Waals surface area contributed by atoms with Crippen molar-refractivity contribution in [3.8, 4) is 0 Å². The highest BCUT2D eigenvalue weighted by Gasteiger charge is 2.80. The Kier molecular flexibility index (Phi) is 4.92. The largest absolute Gasteiger partial charge is 0.393 e. The number of allylic oxidation sites excluding steroid dienone is 1. The predicted octanol–water partition coefficient (Wildman–Crippen LogP) is 7.78. The molecule has 0 amide bonds. The number of hydrogen-bond donors (Lipinski definition) is 1. The molecule has 9 atom stereocenters. The molecule has 30 heavy (non-hydrogen) atoms. The van der Waals surface area contributed by atoms with Gasteiger partial charge < -0.3 is 5.11 Å². The molecule has 0 aromatic carbocycles. The second-order valence-electron chi connectivity index (χ2n) is 13.6. The van der Waals surface area contributed by atoms with Crippen molar-refractivity contribution < 1.29 is 5.11 Å². The van der Waals surface area contributed by atoms with E-state index in [0.717, 1.165) is 36.5 Å². The van der Waals surface area contributed by atoms with Crippen LogP contribution in [-0.2, 0) is 0 Å². The van der Waals surface area contributed by atoms with Crippen molar-refractivity contribution in [1.82, 2.24) is 0 Å². The van der Waals surface area contributed by atoms with Gasteiger partial charge in [0.05, 0.1) is 6.10 Å². The fourth-order valence-electron chi connectivity index (χ4n) is 10.5. The highest BCUT2D eigenvalue weighted by atomic mass is 16.3. The molecule has 0 aromatic rings. The third-order valence-electron chi connectivity index (χ3n) is 12.6. The zero-order valence-electron chi connectivity index (χ0n) is 20.6. The molecule has 0 aliphatic heterocycles. The van der Waals surface area contributed by atoms with Gasteiger partial charge in [-0.15, -0.1) is 0 Å². The average Bonchev–Trinajstić information content (AvgIpc) is 3.28. The summed E-state index contributed by atoms with van der Waals surface area (Å²) >= 11 is 0. The molecule has 1 unspecified atom stereocenters. The quantitative estimate of drug-likeness (QED) is 0.457. The molecule has 0 heterocycles. The molecule has 5 saturated carbocycles. The van der Waals surface area contributed by atoms with Crippen molar-refractivity contribution in [3.05, 3.63) is 12.2 Å². The lowest BCUT2D eigenvalue weighted by atomic mass is 9.43. The van der Waals surface area contributed by atoms with Gasteiger partial charge in [0.15, 0.2) is 0 Å². The summed E-state index contributed by atoms with van der Waals surface area (Å²) in [5, 5.41) is 10.3. The third kappa shape index (κ3) is 2.63. The maximum Gasteiger partial charge on any atom is 0.0543 e. The standard InChI is InChI=1S/C29H48O/c1-19(2)20(3)7-8-21(4)24-12-13-27(6)25-10-9-22-17-23(30)11-14-28(22)18-29(25,28)16-15-26(24,27)5/h19,21-25,30H,3,7-18H2,1-2,4-6H3/t21?,22-,23-,24+,25-,26+,27-,28+,29-/m0/s1. The van der Waals surface area contributed by atoms with E-state index in [4.69, 9.17) is 0 Å². The summed E-state index contributed by atoms with van der Waals surface area (Å²) in [5.41, 5.74) is 3.83. The summed E-state index contributed by atoms with van der Waals surface area (Å²) in [7, 11) is 0. The molecule has 5 rings (SSSR count). The average molecular weight is 413 g/mol.